The Morgan fingerprint density at radius 2 is 1.10 bits per heavy atom. The fraction of sp³-hybridized carbons (Fsp3) is 0.0909. The third kappa shape index (κ3) is 7.53. The minimum absolute atomic E-state index is 0.111. The first-order valence-corrected chi connectivity index (χ1v) is 14.9. The number of aromatic hydroxyl groups is 2. The van der Waals surface area contributed by atoms with Crippen LogP contribution in [-0.2, 0) is 13.1 Å². The number of benzene rings is 2. The van der Waals surface area contributed by atoms with Crippen molar-refractivity contribution in [2.24, 2.45) is 0 Å². The lowest BCUT2D eigenvalue weighted by Crippen LogP contribution is -2.27. The highest BCUT2D eigenvalue weighted by atomic mass is 79.9. The molecule has 4 heterocycles. The van der Waals surface area contributed by atoms with E-state index in [0.717, 1.165) is 9.96 Å². The Labute approximate surface area is 278 Å². The van der Waals surface area contributed by atoms with Crippen molar-refractivity contribution in [3.05, 3.63) is 150 Å². The van der Waals surface area contributed by atoms with Crippen LogP contribution in [0.1, 0.15) is 37.7 Å². The van der Waals surface area contributed by atoms with Crippen molar-refractivity contribution < 1.29 is 28.6 Å². The molecule has 0 atom stereocenters. The molecule has 2 amide bonds. The second-order valence-corrected chi connectivity index (χ2v) is 11.3. The number of halogens is 3. The molecule has 4 aromatic heterocycles. The molecule has 0 aliphatic rings. The van der Waals surface area contributed by atoms with Gasteiger partial charge in [-0.05, 0) is 82.0 Å². The maximum Gasteiger partial charge on any atom is 0.300 e. The van der Waals surface area contributed by atoms with Crippen molar-refractivity contribution in [1.29, 1.82) is 0 Å². The monoisotopic (exact) mass is 718 g/mol. The second-order valence-electron chi connectivity index (χ2n) is 10.4. The molecule has 48 heavy (non-hydrogen) atoms. The van der Waals surface area contributed by atoms with Gasteiger partial charge >= 0.3 is 11.1 Å². The van der Waals surface area contributed by atoms with Crippen LogP contribution in [0.25, 0.3) is 11.3 Å². The molecule has 6 aromatic rings. The zero-order chi connectivity index (χ0) is 34.5. The number of nitrogens with one attached hydrogen (secondary N) is 2. The first-order chi connectivity index (χ1) is 22.9. The highest BCUT2D eigenvalue weighted by Gasteiger charge is 2.20. The molecule has 2 aromatic carbocycles. The van der Waals surface area contributed by atoms with E-state index in [1.165, 1.54) is 65.3 Å². The molecule has 0 spiro atoms. The number of carbonyl (C=O) groups is 2. The second kappa shape index (κ2) is 14.2. The molecule has 0 radical (unpaired) electrons. The molecular weight excluding hydrogens is 694 g/mol. The van der Waals surface area contributed by atoms with E-state index in [4.69, 9.17) is 0 Å². The zero-order valence-corrected chi connectivity index (χ0v) is 26.5. The largest absolute Gasteiger partial charge is 0.501 e. The molecule has 0 aliphatic carbocycles. The Morgan fingerprint density at radius 1 is 0.688 bits per heavy atom. The SMILES string of the molecule is Cc1ccc2nc(C(=O)NCc3ccc(F)cc3)c(O)c(=O)n2c1.O=C(NCc1ccc(F)cc1)c1nc2ccc(Br)cn2c(=O)c1O. The van der Waals surface area contributed by atoms with Crippen LogP contribution in [0.15, 0.2) is 99.3 Å². The van der Waals surface area contributed by atoms with Gasteiger partial charge in [0, 0.05) is 30.0 Å². The third-order valence-corrected chi connectivity index (χ3v) is 7.34. The number of aryl methyl sites for hydroxylation is 1. The highest BCUT2D eigenvalue weighted by molar-refractivity contribution is 9.10. The van der Waals surface area contributed by atoms with E-state index in [1.54, 1.807) is 31.2 Å². The van der Waals surface area contributed by atoms with E-state index >= 15 is 0 Å². The number of pyridine rings is 2. The summed E-state index contributed by atoms with van der Waals surface area (Å²) in [5.41, 5.74) is 0.505. The molecule has 6 rings (SSSR count). The van der Waals surface area contributed by atoms with Crippen LogP contribution < -0.4 is 21.8 Å². The van der Waals surface area contributed by atoms with Gasteiger partial charge < -0.3 is 20.8 Å². The molecule has 15 heteroatoms. The number of hydrogen-bond donors (Lipinski definition) is 4. The van der Waals surface area contributed by atoms with Crippen molar-refractivity contribution in [2.75, 3.05) is 0 Å². The average Bonchev–Trinajstić information content (AvgIpc) is 3.08. The molecule has 0 fully saturated rings. The van der Waals surface area contributed by atoms with Gasteiger partial charge in [0.2, 0.25) is 11.5 Å². The molecule has 0 aliphatic heterocycles. The van der Waals surface area contributed by atoms with Gasteiger partial charge in [0.05, 0.1) is 0 Å². The third-order valence-electron chi connectivity index (χ3n) is 6.87. The number of rotatable bonds is 6. The topological polar surface area (TPSA) is 167 Å². The van der Waals surface area contributed by atoms with Gasteiger partial charge in [-0.3, -0.25) is 28.0 Å². The van der Waals surface area contributed by atoms with E-state index in [0.29, 0.717) is 15.6 Å². The van der Waals surface area contributed by atoms with Crippen LogP contribution in [0.2, 0.25) is 0 Å². The lowest BCUT2D eigenvalue weighted by Gasteiger charge is -2.08. The van der Waals surface area contributed by atoms with Gasteiger partial charge in [0.15, 0.2) is 11.4 Å². The van der Waals surface area contributed by atoms with E-state index in [9.17, 15) is 38.2 Å². The normalized spacial score (nSPS) is 10.8. The van der Waals surface area contributed by atoms with Gasteiger partial charge in [-0.25, -0.2) is 18.7 Å². The summed E-state index contributed by atoms with van der Waals surface area (Å²) in [5.74, 6) is -3.58. The summed E-state index contributed by atoms with van der Waals surface area (Å²) in [4.78, 5) is 56.8. The number of carbonyl (C=O) groups excluding carboxylic acids is 2. The lowest BCUT2D eigenvalue weighted by atomic mass is 10.2. The summed E-state index contributed by atoms with van der Waals surface area (Å²) in [6.45, 7) is 2.03. The van der Waals surface area contributed by atoms with E-state index < -0.39 is 34.4 Å². The van der Waals surface area contributed by atoms with Gasteiger partial charge in [-0.15, -0.1) is 0 Å². The predicted octanol–water partition coefficient (Wildman–Crippen LogP) is 4.01. The molecule has 4 N–H and O–H groups in total. The predicted molar refractivity (Wildman–Crippen MR) is 174 cm³/mol. The van der Waals surface area contributed by atoms with Crippen LogP contribution in [-0.4, -0.2) is 40.8 Å². The van der Waals surface area contributed by atoms with E-state index in [1.807, 2.05) is 0 Å². The van der Waals surface area contributed by atoms with Gasteiger partial charge in [-0.2, -0.15) is 0 Å². The van der Waals surface area contributed by atoms with Crippen molar-refractivity contribution in [1.82, 2.24) is 29.4 Å². The summed E-state index contributed by atoms with van der Waals surface area (Å²) < 4.78 is 28.7. The molecule has 0 unspecified atom stereocenters. The van der Waals surface area contributed by atoms with Crippen LogP contribution in [0.5, 0.6) is 11.5 Å². The highest BCUT2D eigenvalue weighted by Crippen LogP contribution is 2.15. The Balaban J connectivity index is 0.000000188. The first kappa shape index (κ1) is 33.4. The number of nitrogens with zero attached hydrogens (tertiary/aromatic N) is 4. The molecule has 12 nitrogen and oxygen atoms in total. The van der Waals surface area contributed by atoms with Crippen LogP contribution in [0.4, 0.5) is 8.78 Å². The Bertz CT molecular complexity index is 2130. The summed E-state index contributed by atoms with van der Waals surface area (Å²) in [7, 11) is 0. The minimum atomic E-state index is -0.742. The van der Waals surface area contributed by atoms with E-state index in [2.05, 4.69) is 36.5 Å². The van der Waals surface area contributed by atoms with Crippen LogP contribution in [0.3, 0.4) is 0 Å². The lowest BCUT2D eigenvalue weighted by molar-refractivity contribution is 0.0934. The quantitative estimate of drug-likeness (QED) is 0.200. The molecule has 0 saturated carbocycles. The summed E-state index contributed by atoms with van der Waals surface area (Å²) in [6.07, 6.45) is 2.98. The van der Waals surface area contributed by atoms with Crippen molar-refractivity contribution >= 4 is 39.0 Å². The first-order valence-electron chi connectivity index (χ1n) is 14.1. The van der Waals surface area contributed by atoms with Crippen LogP contribution in [0, 0.1) is 18.6 Å². The smallest absolute Gasteiger partial charge is 0.300 e. The molecule has 0 saturated heterocycles. The van der Waals surface area contributed by atoms with Gasteiger partial charge in [-0.1, -0.05) is 30.3 Å². The van der Waals surface area contributed by atoms with Gasteiger partial charge in [0.1, 0.15) is 22.9 Å². The fourth-order valence-electron chi connectivity index (χ4n) is 4.39. The minimum Gasteiger partial charge on any atom is -0.501 e. The van der Waals surface area contributed by atoms with Gasteiger partial charge in [0.25, 0.3) is 11.8 Å². The van der Waals surface area contributed by atoms with Crippen molar-refractivity contribution in [2.45, 2.75) is 20.0 Å². The average molecular weight is 719 g/mol. The van der Waals surface area contributed by atoms with Crippen LogP contribution >= 0.6 is 15.9 Å². The van der Waals surface area contributed by atoms with Crippen molar-refractivity contribution in [3.8, 4) is 11.5 Å². The zero-order valence-electron chi connectivity index (χ0n) is 24.9. The summed E-state index contributed by atoms with van der Waals surface area (Å²) in [5, 5.41) is 25.0. The Hall–Kier alpha value is -5.96. The number of fused-ring (bicyclic) bond motifs is 2. The summed E-state index contributed by atoms with van der Waals surface area (Å²) >= 11 is 3.22. The number of aromatic nitrogens is 4. The number of amides is 2. The van der Waals surface area contributed by atoms with E-state index in [-0.39, 0.29) is 47.4 Å². The Kier molecular flexibility index (Phi) is 9.89. The summed E-state index contributed by atoms with van der Waals surface area (Å²) in [6, 6.07) is 17.8. The molecule has 0 bridgehead atoms. The molecular formula is C33H25BrF2N6O6. The molecule has 244 valence electrons. The maximum atomic E-state index is 12.9. The van der Waals surface area contributed by atoms with Crippen molar-refractivity contribution in [3.63, 3.8) is 0 Å². The maximum absolute atomic E-state index is 12.9. The standard InChI is InChI=1S/C17H14FN3O3.C16H11BrFN3O3/c1-10-2-7-13-20-14(15(22)17(24)21(13)9-10)16(23)19-8-11-3-5-12(18)6-4-11;17-10-3-6-12-20-13(14(22)16(24)21(12)8-10)15(23)19-7-9-1-4-11(18)5-2-9/h2-7,9,22H,8H2,1H3,(H,19,23);1-6,8,22H,7H2,(H,19,23). The number of hydrogen-bond acceptors (Lipinski definition) is 8. The Morgan fingerprint density at radius 3 is 1.56 bits per heavy atom. The fourth-order valence-corrected chi connectivity index (χ4v) is 4.73.